The minimum absolute atomic E-state index is 0.534. The molecule has 16 heavy (non-hydrogen) atoms. The lowest BCUT2D eigenvalue weighted by Crippen LogP contribution is -2.36. The molecule has 0 spiro atoms. The van der Waals surface area contributed by atoms with Crippen LogP contribution in [-0.2, 0) is 6.54 Å². The third-order valence-corrected chi connectivity index (χ3v) is 3.57. The van der Waals surface area contributed by atoms with E-state index in [0.29, 0.717) is 5.41 Å². The molecule has 2 N–H and O–H groups in total. The monoisotopic (exact) mass is 218 g/mol. The summed E-state index contributed by atoms with van der Waals surface area (Å²) in [5.74, 6) is 0. The highest BCUT2D eigenvalue weighted by Gasteiger charge is 2.24. The zero-order valence-electron chi connectivity index (χ0n) is 10.4. The summed E-state index contributed by atoms with van der Waals surface area (Å²) >= 11 is 0. The molecule has 2 heteroatoms. The molecule has 1 aliphatic rings. The summed E-state index contributed by atoms with van der Waals surface area (Å²) in [4.78, 5) is 2.53. The average molecular weight is 218 g/mol. The van der Waals surface area contributed by atoms with E-state index in [4.69, 9.17) is 5.73 Å². The first kappa shape index (κ1) is 11.5. The minimum atomic E-state index is 0.534. The zero-order chi connectivity index (χ0) is 11.6. The lowest BCUT2D eigenvalue weighted by molar-refractivity contribution is 0.127. The van der Waals surface area contributed by atoms with Crippen LogP contribution in [0.5, 0.6) is 0 Å². The molecule has 1 fully saturated rings. The molecular weight excluding hydrogens is 196 g/mol. The molecule has 0 atom stereocenters. The van der Waals surface area contributed by atoms with Gasteiger partial charge in [0.25, 0.3) is 0 Å². The van der Waals surface area contributed by atoms with E-state index in [1.165, 1.54) is 31.5 Å². The van der Waals surface area contributed by atoms with Crippen LogP contribution in [0.25, 0.3) is 0 Å². The van der Waals surface area contributed by atoms with Gasteiger partial charge in [0.05, 0.1) is 0 Å². The third-order valence-electron chi connectivity index (χ3n) is 3.57. The van der Waals surface area contributed by atoms with E-state index < -0.39 is 0 Å². The second-order valence-corrected chi connectivity index (χ2v) is 5.69. The number of rotatable bonds is 2. The number of anilines is 1. The minimum Gasteiger partial charge on any atom is -0.399 e. The Bertz CT molecular complexity index is 348. The standard InChI is InChI=1S/C14H22N2/c1-14(2)6-8-16(9-7-14)11-12-4-3-5-13(15)10-12/h3-5,10H,6-9,11,15H2,1-2H3. The van der Waals surface area contributed by atoms with Crippen molar-refractivity contribution >= 4 is 5.69 Å². The highest BCUT2D eigenvalue weighted by atomic mass is 15.1. The Morgan fingerprint density at radius 1 is 1.25 bits per heavy atom. The molecule has 1 heterocycles. The smallest absolute Gasteiger partial charge is 0.0317 e. The molecule has 0 unspecified atom stereocenters. The van der Waals surface area contributed by atoms with Crippen molar-refractivity contribution in [3.05, 3.63) is 29.8 Å². The maximum Gasteiger partial charge on any atom is 0.0317 e. The number of hydrogen-bond donors (Lipinski definition) is 1. The lowest BCUT2D eigenvalue weighted by Gasteiger charge is -2.36. The van der Waals surface area contributed by atoms with Crippen LogP contribution in [0.1, 0.15) is 32.3 Å². The fourth-order valence-electron chi connectivity index (χ4n) is 2.27. The predicted octanol–water partition coefficient (Wildman–Crippen LogP) is 2.89. The van der Waals surface area contributed by atoms with E-state index in [2.05, 4.69) is 30.9 Å². The molecule has 0 amide bonds. The largest absolute Gasteiger partial charge is 0.399 e. The maximum absolute atomic E-state index is 5.79. The third kappa shape index (κ3) is 2.99. The summed E-state index contributed by atoms with van der Waals surface area (Å²) in [7, 11) is 0. The molecule has 1 aromatic carbocycles. The van der Waals surface area contributed by atoms with Crippen LogP contribution in [0.4, 0.5) is 5.69 Å². The van der Waals surface area contributed by atoms with E-state index >= 15 is 0 Å². The Morgan fingerprint density at radius 3 is 2.56 bits per heavy atom. The first-order valence-corrected chi connectivity index (χ1v) is 6.12. The second-order valence-electron chi connectivity index (χ2n) is 5.69. The molecule has 2 nitrogen and oxygen atoms in total. The van der Waals surface area contributed by atoms with Crippen molar-refractivity contribution in [1.29, 1.82) is 0 Å². The van der Waals surface area contributed by atoms with Crippen molar-refractivity contribution in [2.75, 3.05) is 18.8 Å². The van der Waals surface area contributed by atoms with Gasteiger partial charge in [-0.3, -0.25) is 4.90 Å². The first-order chi connectivity index (χ1) is 7.55. The lowest BCUT2D eigenvalue weighted by atomic mass is 9.82. The van der Waals surface area contributed by atoms with Crippen LogP contribution in [0, 0.1) is 5.41 Å². The molecule has 2 rings (SSSR count). The van der Waals surface area contributed by atoms with Crippen molar-refractivity contribution in [3.8, 4) is 0 Å². The van der Waals surface area contributed by atoms with Crippen LogP contribution in [0.2, 0.25) is 0 Å². The molecule has 1 saturated heterocycles. The SMILES string of the molecule is CC1(C)CCN(Cc2cccc(N)c2)CC1. The first-order valence-electron chi connectivity index (χ1n) is 6.12. The van der Waals surface area contributed by atoms with Crippen molar-refractivity contribution in [3.63, 3.8) is 0 Å². The molecule has 1 aromatic rings. The summed E-state index contributed by atoms with van der Waals surface area (Å²) < 4.78 is 0. The van der Waals surface area contributed by atoms with Crippen LogP contribution in [-0.4, -0.2) is 18.0 Å². The number of benzene rings is 1. The van der Waals surface area contributed by atoms with E-state index in [1.54, 1.807) is 0 Å². The topological polar surface area (TPSA) is 29.3 Å². The summed E-state index contributed by atoms with van der Waals surface area (Å²) in [6, 6.07) is 8.23. The fraction of sp³-hybridized carbons (Fsp3) is 0.571. The van der Waals surface area contributed by atoms with Crippen LogP contribution < -0.4 is 5.73 Å². The van der Waals surface area contributed by atoms with Gasteiger partial charge < -0.3 is 5.73 Å². The quantitative estimate of drug-likeness (QED) is 0.773. The molecular formula is C14H22N2. The number of nitrogens with two attached hydrogens (primary N) is 1. The number of nitrogens with zero attached hydrogens (tertiary/aromatic N) is 1. The fourth-order valence-corrected chi connectivity index (χ4v) is 2.27. The van der Waals surface area contributed by atoms with Gasteiger partial charge in [-0.25, -0.2) is 0 Å². The van der Waals surface area contributed by atoms with E-state index in [0.717, 1.165) is 12.2 Å². The number of piperidine rings is 1. The van der Waals surface area contributed by atoms with Gasteiger partial charge in [0.2, 0.25) is 0 Å². The molecule has 0 bridgehead atoms. The molecule has 1 aliphatic heterocycles. The van der Waals surface area contributed by atoms with Crippen molar-refractivity contribution in [2.24, 2.45) is 5.41 Å². The van der Waals surface area contributed by atoms with E-state index in [-0.39, 0.29) is 0 Å². The van der Waals surface area contributed by atoms with Gasteiger partial charge in [-0.1, -0.05) is 26.0 Å². The Kier molecular flexibility index (Phi) is 3.20. The Balaban J connectivity index is 1.92. The van der Waals surface area contributed by atoms with Crippen LogP contribution >= 0.6 is 0 Å². The summed E-state index contributed by atoms with van der Waals surface area (Å²) in [5, 5.41) is 0. The van der Waals surface area contributed by atoms with Gasteiger partial charge >= 0.3 is 0 Å². The molecule has 0 aliphatic carbocycles. The molecule has 88 valence electrons. The van der Waals surface area contributed by atoms with Gasteiger partial charge in [-0.2, -0.15) is 0 Å². The van der Waals surface area contributed by atoms with Crippen molar-refractivity contribution < 1.29 is 0 Å². The Labute approximate surface area is 98.4 Å². The number of likely N-dealkylation sites (tertiary alicyclic amines) is 1. The van der Waals surface area contributed by atoms with E-state index in [1.807, 2.05) is 12.1 Å². The van der Waals surface area contributed by atoms with Crippen LogP contribution in [0.3, 0.4) is 0 Å². The molecule has 0 aromatic heterocycles. The normalized spacial score (nSPS) is 20.9. The van der Waals surface area contributed by atoms with E-state index in [9.17, 15) is 0 Å². The van der Waals surface area contributed by atoms with Gasteiger partial charge in [0, 0.05) is 12.2 Å². The average Bonchev–Trinajstić information content (AvgIpc) is 2.21. The maximum atomic E-state index is 5.79. The van der Waals surface area contributed by atoms with Gasteiger partial charge in [0.15, 0.2) is 0 Å². The second kappa shape index (κ2) is 4.46. The number of nitrogen functional groups attached to an aromatic ring is 1. The Hall–Kier alpha value is -1.02. The predicted molar refractivity (Wildman–Crippen MR) is 69.1 cm³/mol. The summed E-state index contributed by atoms with van der Waals surface area (Å²) in [6.07, 6.45) is 2.60. The highest BCUT2D eigenvalue weighted by Crippen LogP contribution is 2.30. The molecule has 0 radical (unpaired) electrons. The van der Waals surface area contributed by atoms with Crippen molar-refractivity contribution in [1.82, 2.24) is 4.90 Å². The van der Waals surface area contributed by atoms with Gasteiger partial charge in [-0.15, -0.1) is 0 Å². The van der Waals surface area contributed by atoms with Gasteiger partial charge in [-0.05, 0) is 49.0 Å². The highest BCUT2D eigenvalue weighted by molar-refractivity contribution is 5.40. The summed E-state index contributed by atoms with van der Waals surface area (Å²) in [5.41, 5.74) is 8.53. The van der Waals surface area contributed by atoms with Crippen molar-refractivity contribution in [2.45, 2.75) is 33.2 Å². The zero-order valence-corrected chi connectivity index (χ0v) is 10.4. The Morgan fingerprint density at radius 2 is 1.94 bits per heavy atom. The molecule has 0 saturated carbocycles. The number of hydrogen-bond acceptors (Lipinski definition) is 2. The summed E-state index contributed by atoms with van der Waals surface area (Å²) in [6.45, 7) is 8.19. The van der Waals surface area contributed by atoms with Gasteiger partial charge in [0.1, 0.15) is 0 Å². The van der Waals surface area contributed by atoms with Crippen LogP contribution in [0.15, 0.2) is 24.3 Å².